The quantitative estimate of drug-likeness (QED) is 0.925. The van der Waals surface area contributed by atoms with Gasteiger partial charge in [0, 0.05) is 31.1 Å². The van der Waals surface area contributed by atoms with E-state index in [1.54, 1.807) is 4.90 Å². The lowest BCUT2D eigenvalue weighted by Gasteiger charge is -2.31. The molecule has 0 spiro atoms. The Kier molecular flexibility index (Phi) is 5.25. The maximum atomic E-state index is 12.5. The first kappa shape index (κ1) is 16.6. The highest BCUT2D eigenvalue weighted by Crippen LogP contribution is 2.26. The molecule has 1 saturated heterocycles. The summed E-state index contributed by atoms with van der Waals surface area (Å²) in [6.07, 6.45) is 2.19. The van der Waals surface area contributed by atoms with Gasteiger partial charge in [-0.3, -0.25) is 9.59 Å². The van der Waals surface area contributed by atoms with Gasteiger partial charge in [0.25, 0.3) is 0 Å². The Bertz CT molecular complexity index is 714. The number of rotatable bonds is 4. The van der Waals surface area contributed by atoms with Crippen molar-refractivity contribution in [2.75, 3.05) is 18.4 Å². The summed E-state index contributed by atoms with van der Waals surface area (Å²) in [6, 6.07) is 11.8. The number of anilines is 1. The maximum absolute atomic E-state index is 12.5. The Morgan fingerprint density at radius 1 is 1.33 bits per heavy atom. The molecule has 1 N–H and O–H groups in total. The van der Waals surface area contributed by atoms with Crippen LogP contribution in [0.4, 0.5) is 5.00 Å². The van der Waals surface area contributed by atoms with Gasteiger partial charge in [-0.1, -0.05) is 37.3 Å². The number of benzene rings is 1. The third kappa shape index (κ3) is 3.82. The Morgan fingerprint density at radius 2 is 2.12 bits per heavy atom. The molecule has 2 amide bonds. The number of aromatic nitrogens is 1. The van der Waals surface area contributed by atoms with Gasteiger partial charge >= 0.3 is 0 Å². The van der Waals surface area contributed by atoms with Gasteiger partial charge in [-0.25, -0.2) is 0 Å². The summed E-state index contributed by atoms with van der Waals surface area (Å²) in [7, 11) is 0. The molecule has 2 aromatic rings. The second-order valence-electron chi connectivity index (χ2n) is 5.96. The molecule has 1 aliphatic heterocycles. The van der Waals surface area contributed by atoms with E-state index < -0.39 is 0 Å². The molecule has 5 nitrogen and oxygen atoms in total. The number of likely N-dealkylation sites (tertiary alicyclic amines) is 1. The van der Waals surface area contributed by atoms with Crippen LogP contribution in [0.1, 0.15) is 26.2 Å². The summed E-state index contributed by atoms with van der Waals surface area (Å²) in [5, 5.41) is 3.71. The molecule has 1 aliphatic rings. The molecule has 1 aromatic carbocycles. The van der Waals surface area contributed by atoms with Crippen LogP contribution < -0.4 is 5.32 Å². The van der Waals surface area contributed by atoms with Crippen molar-refractivity contribution in [3.63, 3.8) is 0 Å². The highest BCUT2D eigenvalue weighted by Gasteiger charge is 2.28. The maximum Gasteiger partial charge on any atom is 0.229 e. The molecule has 126 valence electrons. The Labute approximate surface area is 145 Å². The second-order valence-corrected chi connectivity index (χ2v) is 6.77. The highest BCUT2D eigenvalue weighted by molar-refractivity contribution is 7.10. The molecule has 1 atom stereocenters. The van der Waals surface area contributed by atoms with E-state index in [0.717, 1.165) is 35.6 Å². The normalized spacial score (nSPS) is 17.5. The minimum Gasteiger partial charge on any atom is -0.342 e. The standard InChI is InChI=1S/C18H21N3O2S/c1-2-17(22)21-10-6-9-14(12-21)18(23)19-16-11-15(20-24-16)13-7-4-3-5-8-13/h3-5,7-8,11,14H,2,6,9-10,12H2,1H3,(H,19,23)/t14-/m1/s1. The van der Waals surface area contributed by atoms with Gasteiger partial charge in [-0.2, -0.15) is 4.37 Å². The second kappa shape index (κ2) is 7.57. The van der Waals surface area contributed by atoms with Crippen molar-refractivity contribution in [3.8, 4) is 11.3 Å². The fourth-order valence-electron chi connectivity index (χ4n) is 2.94. The van der Waals surface area contributed by atoms with Crippen molar-refractivity contribution < 1.29 is 9.59 Å². The first-order chi connectivity index (χ1) is 11.7. The van der Waals surface area contributed by atoms with Crippen LogP contribution in [0.3, 0.4) is 0 Å². The first-order valence-corrected chi connectivity index (χ1v) is 9.05. The third-order valence-corrected chi connectivity index (χ3v) is 4.98. The lowest BCUT2D eigenvalue weighted by molar-refractivity contribution is -0.134. The van der Waals surface area contributed by atoms with Crippen LogP contribution in [0.25, 0.3) is 11.3 Å². The fourth-order valence-corrected chi connectivity index (χ4v) is 3.61. The van der Waals surface area contributed by atoms with Crippen LogP contribution in [-0.4, -0.2) is 34.2 Å². The first-order valence-electron chi connectivity index (χ1n) is 8.28. The molecule has 2 heterocycles. The Morgan fingerprint density at radius 3 is 2.88 bits per heavy atom. The largest absolute Gasteiger partial charge is 0.342 e. The van der Waals surface area contributed by atoms with Crippen molar-refractivity contribution in [3.05, 3.63) is 36.4 Å². The SMILES string of the molecule is CCC(=O)N1CCC[C@@H](C(=O)Nc2cc(-c3ccccc3)ns2)C1. The van der Waals surface area contributed by atoms with E-state index in [9.17, 15) is 9.59 Å². The Balaban J connectivity index is 1.63. The minimum atomic E-state index is -0.142. The molecule has 0 bridgehead atoms. The number of carbonyl (C=O) groups is 2. The smallest absolute Gasteiger partial charge is 0.229 e. The zero-order valence-electron chi connectivity index (χ0n) is 13.7. The van der Waals surface area contributed by atoms with Gasteiger partial charge in [-0.15, -0.1) is 0 Å². The molecule has 0 aliphatic carbocycles. The lowest BCUT2D eigenvalue weighted by atomic mass is 9.97. The van der Waals surface area contributed by atoms with Gasteiger partial charge in [0.15, 0.2) is 0 Å². The molecule has 1 aromatic heterocycles. The average molecular weight is 343 g/mol. The zero-order valence-corrected chi connectivity index (χ0v) is 14.5. The molecular weight excluding hydrogens is 322 g/mol. The number of hydrogen-bond acceptors (Lipinski definition) is 4. The molecular formula is C18H21N3O2S. The van der Waals surface area contributed by atoms with Crippen LogP contribution >= 0.6 is 11.5 Å². The molecule has 24 heavy (non-hydrogen) atoms. The van der Waals surface area contributed by atoms with Crippen molar-refractivity contribution in [2.45, 2.75) is 26.2 Å². The molecule has 6 heteroatoms. The number of hydrogen-bond donors (Lipinski definition) is 1. The van der Waals surface area contributed by atoms with Gasteiger partial charge in [0.2, 0.25) is 11.8 Å². The van der Waals surface area contributed by atoms with E-state index >= 15 is 0 Å². The molecule has 1 fully saturated rings. The summed E-state index contributed by atoms with van der Waals surface area (Å²) in [6.45, 7) is 3.13. The van der Waals surface area contributed by atoms with Crippen molar-refractivity contribution >= 4 is 28.3 Å². The number of carbonyl (C=O) groups excluding carboxylic acids is 2. The van der Waals surface area contributed by atoms with E-state index in [4.69, 9.17) is 0 Å². The van der Waals surface area contributed by atoms with Crippen LogP contribution in [0.15, 0.2) is 36.4 Å². The molecule has 0 unspecified atom stereocenters. The van der Waals surface area contributed by atoms with E-state index in [0.29, 0.717) is 13.0 Å². The van der Waals surface area contributed by atoms with Crippen LogP contribution in [0, 0.1) is 5.92 Å². The molecule has 0 radical (unpaired) electrons. The number of piperidine rings is 1. The van der Waals surface area contributed by atoms with E-state index in [-0.39, 0.29) is 17.7 Å². The van der Waals surface area contributed by atoms with Crippen LogP contribution in [0.5, 0.6) is 0 Å². The van der Waals surface area contributed by atoms with Crippen LogP contribution in [-0.2, 0) is 9.59 Å². The number of nitrogens with one attached hydrogen (secondary N) is 1. The zero-order chi connectivity index (χ0) is 16.9. The summed E-state index contributed by atoms with van der Waals surface area (Å²) >= 11 is 1.29. The Hall–Kier alpha value is -2.21. The average Bonchev–Trinajstić information content (AvgIpc) is 3.10. The van der Waals surface area contributed by atoms with E-state index in [2.05, 4.69) is 9.69 Å². The summed E-state index contributed by atoms with van der Waals surface area (Å²) in [5.74, 6) is -0.0416. The van der Waals surface area contributed by atoms with Crippen molar-refractivity contribution in [1.29, 1.82) is 0 Å². The number of amides is 2. The summed E-state index contributed by atoms with van der Waals surface area (Å²) in [5.41, 5.74) is 1.90. The van der Waals surface area contributed by atoms with Crippen molar-refractivity contribution in [2.24, 2.45) is 5.92 Å². The predicted octanol–water partition coefficient (Wildman–Crippen LogP) is 3.40. The summed E-state index contributed by atoms with van der Waals surface area (Å²) < 4.78 is 4.40. The predicted molar refractivity (Wildman–Crippen MR) is 95.8 cm³/mol. The van der Waals surface area contributed by atoms with E-state index in [1.807, 2.05) is 43.3 Å². The van der Waals surface area contributed by atoms with Gasteiger partial charge < -0.3 is 10.2 Å². The third-order valence-electron chi connectivity index (χ3n) is 4.27. The van der Waals surface area contributed by atoms with Crippen LogP contribution in [0.2, 0.25) is 0 Å². The minimum absolute atomic E-state index is 0.0214. The van der Waals surface area contributed by atoms with Gasteiger partial charge in [-0.05, 0) is 24.4 Å². The highest BCUT2D eigenvalue weighted by atomic mass is 32.1. The summed E-state index contributed by atoms with van der Waals surface area (Å²) in [4.78, 5) is 26.1. The topological polar surface area (TPSA) is 62.3 Å². The number of nitrogens with zero attached hydrogens (tertiary/aromatic N) is 2. The monoisotopic (exact) mass is 343 g/mol. The fraction of sp³-hybridized carbons (Fsp3) is 0.389. The lowest BCUT2D eigenvalue weighted by Crippen LogP contribution is -2.43. The molecule has 3 rings (SSSR count). The van der Waals surface area contributed by atoms with E-state index in [1.165, 1.54) is 11.5 Å². The van der Waals surface area contributed by atoms with Crippen molar-refractivity contribution in [1.82, 2.24) is 9.27 Å². The molecule has 0 saturated carbocycles. The van der Waals surface area contributed by atoms with Gasteiger partial charge in [0.05, 0.1) is 11.6 Å². The van der Waals surface area contributed by atoms with Gasteiger partial charge in [0.1, 0.15) is 5.00 Å².